The zero-order valence-corrected chi connectivity index (χ0v) is 12.0. The monoisotopic (exact) mass is 296 g/mol. The van der Waals surface area contributed by atoms with Crippen molar-refractivity contribution in [1.29, 1.82) is 0 Å². The van der Waals surface area contributed by atoms with E-state index in [1.165, 1.54) is 6.92 Å². The lowest BCUT2D eigenvalue weighted by Gasteiger charge is -2.23. The number of amides is 2. The predicted octanol–water partition coefficient (Wildman–Crippen LogP) is 1.90. The first-order valence-corrected chi connectivity index (χ1v) is 6.89. The van der Waals surface area contributed by atoms with Gasteiger partial charge in [0.15, 0.2) is 0 Å². The molecule has 0 aliphatic carbocycles. The van der Waals surface area contributed by atoms with Crippen molar-refractivity contribution >= 4 is 29.1 Å². The molecule has 1 aromatic rings. The summed E-state index contributed by atoms with van der Waals surface area (Å²) in [5, 5.41) is 12.3. The number of nitrogens with one attached hydrogen (secondary N) is 1. The minimum atomic E-state index is -0.209. The van der Waals surface area contributed by atoms with E-state index in [1.807, 2.05) is 0 Å². The van der Waals surface area contributed by atoms with Crippen LogP contribution in [-0.2, 0) is 4.79 Å². The quantitative estimate of drug-likeness (QED) is 0.895. The Morgan fingerprint density at radius 1 is 1.50 bits per heavy atom. The third-order valence-corrected chi connectivity index (χ3v) is 3.70. The Morgan fingerprint density at radius 2 is 2.25 bits per heavy atom. The number of carbonyl (C=O) groups is 2. The molecule has 0 aromatic heterocycles. The van der Waals surface area contributed by atoms with E-state index < -0.39 is 0 Å². The van der Waals surface area contributed by atoms with Gasteiger partial charge >= 0.3 is 0 Å². The highest BCUT2D eigenvalue weighted by atomic mass is 35.5. The van der Waals surface area contributed by atoms with Crippen molar-refractivity contribution in [2.45, 2.75) is 25.8 Å². The molecule has 1 fully saturated rings. The summed E-state index contributed by atoms with van der Waals surface area (Å²) in [4.78, 5) is 25.2. The van der Waals surface area contributed by atoms with Crippen LogP contribution in [0.2, 0.25) is 5.02 Å². The van der Waals surface area contributed by atoms with E-state index in [4.69, 9.17) is 11.6 Å². The lowest BCUT2D eigenvalue weighted by atomic mass is 10.1. The van der Waals surface area contributed by atoms with E-state index in [-0.39, 0.29) is 24.5 Å². The van der Waals surface area contributed by atoms with E-state index in [9.17, 15) is 14.7 Å². The Morgan fingerprint density at radius 3 is 2.90 bits per heavy atom. The first-order chi connectivity index (χ1) is 9.52. The van der Waals surface area contributed by atoms with Crippen LogP contribution in [0.1, 0.15) is 30.1 Å². The summed E-state index contributed by atoms with van der Waals surface area (Å²) in [7, 11) is 0. The zero-order valence-electron chi connectivity index (χ0n) is 11.2. The Balaban J connectivity index is 2.26. The maximum atomic E-state index is 12.5. The number of hydrogen-bond acceptors (Lipinski definition) is 3. The van der Waals surface area contributed by atoms with Gasteiger partial charge in [-0.2, -0.15) is 0 Å². The van der Waals surface area contributed by atoms with Crippen molar-refractivity contribution < 1.29 is 14.7 Å². The number of carbonyl (C=O) groups excluding carboxylic acids is 2. The Bertz CT molecular complexity index is 533. The smallest absolute Gasteiger partial charge is 0.255 e. The number of hydrogen-bond donors (Lipinski definition) is 2. The van der Waals surface area contributed by atoms with E-state index in [0.717, 1.165) is 12.8 Å². The molecular weight excluding hydrogens is 280 g/mol. The van der Waals surface area contributed by atoms with E-state index >= 15 is 0 Å². The van der Waals surface area contributed by atoms with Crippen LogP contribution in [-0.4, -0.2) is 41.0 Å². The minimum absolute atomic E-state index is 0.0469. The molecule has 1 atom stereocenters. The SMILES string of the molecule is CC(=O)Nc1ccc(Cl)c(C(=O)N2CCCC2CO)c1. The van der Waals surface area contributed by atoms with Crippen molar-refractivity contribution in [3.8, 4) is 0 Å². The number of aliphatic hydroxyl groups is 1. The topological polar surface area (TPSA) is 69.6 Å². The van der Waals surface area contributed by atoms with E-state index in [0.29, 0.717) is 22.8 Å². The molecule has 1 saturated heterocycles. The molecule has 2 rings (SSSR count). The van der Waals surface area contributed by atoms with E-state index in [2.05, 4.69) is 5.32 Å². The van der Waals surface area contributed by atoms with Crippen LogP contribution in [0.25, 0.3) is 0 Å². The number of rotatable bonds is 3. The number of nitrogens with zero attached hydrogens (tertiary/aromatic N) is 1. The minimum Gasteiger partial charge on any atom is -0.394 e. The van der Waals surface area contributed by atoms with Gasteiger partial charge in [-0.3, -0.25) is 9.59 Å². The zero-order chi connectivity index (χ0) is 14.7. The van der Waals surface area contributed by atoms with Crippen LogP contribution >= 0.6 is 11.6 Å². The standard InChI is InChI=1S/C14H17ClN2O3/c1-9(19)16-10-4-5-13(15)12(7-10)14(20)17-6-2-3-11(17)8-18/h4-5,7,11,18H,2-3,6,8H2,1H3,(H,16,19). The summed E-state index contributed by atoms with van der Waals surface area (Å²) in [6.07, 6.45) is 1.67. The maximum Gasteiger partial charge on any atom is 0.255 e. The molecule has 2 amide bonds. The van der Waals surface area contributed by atoms with Gasteiger partial charge in [-0.15, -0.1) is 0 Å². The summed E-state index contributed by atoms with van der Waals surface area (Å²) in [6.45, 7) is 1.97. The van der Waals surface area contributed by atoms with Gasteiger partial charge in [-0.25, -0.2) is 0 Å². The van der Waals surface area contributed by atoms with Gasteiger partial charge in [-0.1, -0.05) is 11.6 Å². The van der Waals surface area contributed by atoms with E-state index in [1.54, 1.807) is 23.1 Å². The van der Waals surface area contributed by atoms with Gasteiger partial charge in [0.05, 0.1) is 23.2 Å². The second-order valence-corrected chi connectivity index (χ2v) is 5.26. The Labute approximate surface area is 122 Å². The van der Waals surface area contributed by atoms with Crippen LogP contribution < -0.4 is 5.32 Å². The van der Waals surface area contributed by atoms with Gasteiger partial charge in [0.1, 0.15) is 0 Å². The summed E-state index contributed by atoms with van der Waals surface area (Å²) >= 11 is 6.07. The largest absolute Gasteiger partial charge is 0.394 e. The van der Waals surface area contributed by atoms with Crippen molar-refractivity contribution in [1.82, 2.24) is 4.90 Å². The van der Waals surface area contributed by atoms with Crippen molar-refractivity contribution in [2.24, 2.45) is 0 Å². The third kappa shape index (κ3) is 3.11. The summed E-state index contributed by atoms with van der Waals surface area (Å²) in [5.74, 6) is -0.418. The normalized spacial score (nSPS) is 18.1. The molecule has 1 heterocycles. The molecule has 20 heavy (non-hydrogen) atoms. The molecule has 0 radical (unpaired) electrons. The fourth-order valence-electron chi connectivity index (χ4n) is 2.42. The van der Waals surface area contributed by atoms with Crippen LogP contribution in [0, 0.1) is 0 Å². The highest BCUT2D eigenvalue weighted by Gasteiger charge is 2.29. The summed E-state index contributed by atoms with van der Waals surface area (Å²) < 4.78 is 0. The van der Waals surface area contributed by atoms with Gasteiger partial charge in [0.2, 0.25) is 5.91 Å². The number of likely N-dealkylation sites (tertiary alicyclic amines) is 1. The van der Waals surface area contributed by atoms with Gasteiger partial charge in [-0.05, 0) is 31.0 Å². The van der Waals surface area contributed by atoms with Gasteiger partial charge in [0.25, 0.3) is 5.91 Å². The predicted molar refractivity (Wildman–Crippen MR) is 76.9 cm³/mol. The lowest BCUT2D eigenvalue weighted by Crippen LogP contribution is -2.37. The van der Waals surface area contributed by atoms with Gasteiger partial charge < -0.3 is 15.3 Å². The molecule has 0 saturated carbocycles. The number of aliphatic hydroxyl groups excluding tert-OH is 1. The highest BCUT2D eigenvalue weighted by molar-refractivity contribution is 6.34. The number of anilines is 1. The van der Waals surface area contributed by atoms with Crippen molar-refractivity contribution in [3.05, 3.63) is 28.8 Å². The highest BCUT2D eigenvalue weighted by Crippen LogP contribution is 2.26. The molecule has 5 nitrogen and oxygen atoms in total. The summed E-state index contributed by atoms with van der Waals surface area (Å²) in [5.41, 5.74) is 0.878. The summed E-state index contributed by atoms with van der Waals surface area (Å²) in [6, 6.07) is 4.65. The molecule has 1 aliphatic heterocycles. The Hall–Kier alpha value is -1.59. The Kier molecular flexibility index (Phi) is 4.62. The van der Waals surface area contributed by atoms with Crippen LogP contribution in [0.3, 0.4) is 0 Å². The molecule has 1 aliphatic rings. The second-order valence-electron chi connectivity index (χ2n) is 4.85. The van der Waals surface area contributed by atoms with Crippen molar-refractivity contribution in [2.75, 3.05) is 18.5 Å². The van der Waals surface area contributed by atoms with Crippen LogP contribution in [0.4, 0.5) is 5.69 Å². The molecular formula is C14H17ClN2O3. The first-order valence-electron chi connectivity index (χ1n) is 6.52. The van der Waals surface area contributed by atoms with Gasteiger partial charge in [0, 0.05) is 19.2 Å². The molecule has 2 N–H and O–H groups in total. The fraction of sp³-hybridized carbons (Fsp3) is 0.429. The lowest BCUT2D eigenvalue weighted by molar-refractivity contribution is -0.114. The molecule has 1 unspecified atom stereocenters. The maximum absolute atomic E-state index is 12.5. The first kappa shape index (κ1) is 14.8. The molecule has 108 valence electrons. The van der Waals surface area contributed by atoms with Crippen molar-refractivity contribution in [3.63, 3.8) is 0 Å². The van der Waals surface area contributed by atoms with Crippen LogP contribution in [0.15, 0.2) is 18.2 Å². The van der Waals surface area contributed by atoms with Crippen LogP contribution in [0.5, 0.6) is 0 Å². The second kappa shape index (κ2) is 6.24. The molecule has 1 aromatic carbocycles. The number of benzene rings is 1. The molecule has 0 spiro atoms. The average molecular weight is 297 g/mol. The fourth-order valence-corrected chi connectivity index (χ4v) is 2.62. The number of halogens is 1. The molecule has 6 heteroatoms. The third-order valence-electron chi connectivity index (χ3n) is 3.37. The molecule has 0 bridgehead atoms. The average Bonchev–Trinajstić information content (AvgIpc) is 2.88.